The molecule has 0 amide bonds. The third-order valence-electron chi connectivity index (χ3n) is 4.09. The molecule has 2 aromatic heterocycles. The van der Waals surface area contributed by atoms with Crippen LogP contribution >= 0.6 is 0 Å². The zero-order valence-corrected chi connectivity index (χ0v) is 13.8. The van der Waals surface area contributed by atoms with Crippen LogP contribution < -0.4 is 5.56 Å². The Labute approximate surface area is 149 Å². The highest BCUT2D eigenvalue weighted by Crippen LogP contribution is 2.19. The minimum Gasteiger partial charge on any atom is -0.284 e. The van der Waals surface area contributed by atoms with Crippen LogP contribution in [0.25, 0.3) is 16.8 Å². The summed E-state index contributed by atoms with van der Waals surface area (Å²) >= 11 is 0. The number of rotatable bonds is 3. The Morgan fingerprint density at radius 1 is 0.769 bits per heavy atom. The highest BCUT2D eigenvalue weighted by Gasteiger charge is 2.11. The summed E-state index contributed by atoms with van der Waals surface area (Å²) in [5, 5.41) is 4.17. The first kappa shape index (κ1) is 15.8. The van der Waals surface area contributed by atoms with Gasteiger partial charge in [-0.3, -0.25) is 14.2 Å². The molecule has 4 aromatic rings. The van der Waals surface area contributed by atoms with Crippen molar-refractivity contribution < 1.29 is 4.79 Å². The number of benzene rings is 2. The third kappa shape index (κ3) is 2.98. The van der Waals surface area contributed by atoms with Crippen molar-refractivity contribution in [3.05, 3.63) is 107 Å². The molecule has 0 bridgehead atoms. The summed E-state index contributed by atoms with van der Waals surface area (Å²) in [7, 11) is 0. The fourth-order valence-electron chi connectivity index (χ4n) is 2.74. The molecule has 0 radical (unpaired) electrons. The van der Waals surface area contributed by atoms with Gasteiger partial charge in [-0.05, 0) is 30.3 Å². The maximum atomic E-state index is 12.5. The Morgan fingerprint density at radius 2 is 1.46 bits per heavy atom. The van der Waals surface area contributed by atoms with Crippen LogP contribution in [0.4, 0.5) is 0 Å². The average Bonchev–Trinajstić information content (AvgIpc) is 3.19. The van der Waals surface area contributed by atoms with Gasteiger partial charge in [-0.15, -0.1) is 0 Å². The number of nitrogens with zero attached hydrogens (tertiary/aromatic N) is 3. The van der Waals surface area contributed by atoms with Crippen molar-refractivity contribution in [2.75, 3.05) is 0 Å². The lowest BCUT2D eigenvalue weighted by molar-refractivity contribution is 0.0945. The molecule has 126 valence electrons. The molecule has 0 saturated heterocycles. The van der Waals surface area contributed by atoms with Crippen LogP contribution in [-0.2, 0) is 0 Å². The van der Waals surface area contributed by atoms with Crippen molar-refractivity contribution in [2.45, 2.75) is 0 Å². The maximum Gasteiger partial charge on any atom is 0.278 e. The summed E-state index contributed by atoms with van der Waals surface area (Å²) in [5.74, 6) is -0.201. The monoisotopic (exact) mass is 341 g/mol. The van der Waals surface area contributed by atoms with Crippen LogP contribution in [0.15, 0.2) is 96.2 Å². The van der Waals surface area contributed by atoms with Crippen molar-refractivity contribution in [2.24, 2.45) is 0 Å². The highest BCUT2D eigenvalue weighted by atomic mass is 16.2. The molecule has 0 saturated carbocycles. The van der Waals surface area contributed by atoms with Crippen molar-refractivity contribution in [1.82, 2.24) is 14.3 Å². The lowest BCUT2D eigenvalue weighted by Gasteiger charge is -2.07. The molecule has 0 aliphatic carbocycles. The number of pyridine rings is 1. The van der Waals surface area contributed by atoms with Crippen molar-refractivity contribution >= 4 is 5.91 Å². The molecule has 0 fully saturated rings. The van der Waals surface area contributed by atoms with E-state index in [1.54, 1.807) is 41.4 Å². The molecule has 5 heteroatoms. The zero-order chi connectivity index (χ0) is 17.9. The van der Waals surface area contributed by atoms with Crippen molar-refractivity contribution in [3.8, 4) is 16.8 Å². The lowest BCUT2D eigenvalue weighted by atomic mass is 10.1. The van der Waals surface area contributed by atoms with Gasteiger partial charge in [-0.25, -0.2) is 4.68 Å². The molecular formula is C21H15N3O2. The van der Waals surface area contributed by atoms with Crippen molar-refractivity contribution in [3.63, 3.8) is 0 Å². The molecule has 0 unspecified atom stereocenters. The average molecular weight is 341 g/mol. The van der Waals surface area contributed by atoms with Gasteiger partial charge >= 0.3 is 0 Å². The van der Waals surface area contributed by atoms with E-state index < -0.39 is 0 Å². The minimum absolute atomic E-state index is 0.118. The second-order valence-electron chi connectivity index (χ2n) is 5.81. The molecule has 0 aliphatic rings. The Bertz CT molecular complexity index is 1110. The quantitative estimate of drug-likeness (QED) is 0.574. The Kier molecular flexibility index (Phi) is 4.03. The van der Waals surface area contributed by atoms with Gasteiger partial charge in [0.15, 0.2) is 0 Å². The fraction of sp³-hybridized carbons (Fsp3) is 0. The summed E-state index contributed by atoms with van der Waals surface area (Å²) in [4.78, 5) is 24.7. The second kappa shape index (κ2) is 6.64. The van der Waals surface area contributed by atoms with Gasteiger partial charge in [0.05, 0.1) is 6.20 Å². The first-order valence-corrected chi connectivity index (χ1v) is 8.15. The van der Waals surface area contributed by atoms with E-state index in [0.29, 0.717) is 5.56 Å². The van der Waals surface area contributed by atoms with Crippen LogP contribution in [0.1, 0.15) is 10.4 Å². The van der Waals surface area contributed by atoms with Gasteiger partial charge in [0.2, 0.25) is 0 Å². The molecule has 0 spiro atoms. The SMILES string of the molecule is O=C(c1ccccc1)n1cc(-c2ccc(=O)n(-c3ccccc3)c2)cn1. The van der Waals surface area contributed by atoms with Crippen LogP contribution in [0.2, 0.25) is 0 Å². The number of para-hydroxylation sites is 1. The molecule has 5 nitrogen and oxygen atoms in total. The predicted octanol–water partition coefficient (Wildman–Crippen LogP) is 3.39. The van der Waals surface area contributed by atoms with Crippen LogP contribution in [-0.4, -0.2) is 20.3 Å². The molecule has 4 rings (SSSR count). The van der Waals surface area contributed by atoms with E-state index in [4.69, 9.17) is 0 Å². The number of hydrogen-bond acceptors (Lipinski definition) is 3. The van der Waals surface area contributed by atoms with E-state index in [2.05, 4.69) is 5.10 Å². The largest absolute Gasteiger partial charge is 0.284 e. The third-order valence-corrected chi connectivity index (χ3v) is 4.09. The van der Waals surface area contributed by atoms with Crippen LogP contribution in [0, 0.1) is 0 Å². The first-order chi connectivity index (χ1) is 12.7. The van der Waals surface area contributed by atoms with E-state index in [9.17, 15) is 9.59 Å². The maximum absolute atomic E-state index is 12.5. The molecule has 0 N–H and O–H groups in total. The van der Waals surface area contributed by atoms with Gasteiger partial charge < -0.3 is 0 Å². The van der Waals surface area contributed by atoms with Gasteiger partial charge in [0.1, 0.15) is 0 Å². The zero-order valence-electron chi connectivity index (χ0n) is 13.8. The molecule has 0 atom stereocenters. The van der Waals surface area contributed by atoms with Gasteiger partial charge in [0.25, 0.3) is 11.5 Å². The molecule has 26 heavy (non-hydrogen) atoms. The topological polar surface area (TPSA) is 56.9 Å². The minimum atomic E-state index is -0.201. The Balaban J connectivity index is 1.70. The second-order valence-corrected chi connectivity index (χ2v) is 5.81. The fourth-order valence-corrected chi connectivity index (χ4v) is 2.74. The van der Waals surface area contributed by atoms with Crippen molar-refractivity contribution in [1.29, 1.82) is 0 Å². The summed E-state index contributed by atoms with van der Waals surface area (Å²) in [5.41, 5.74) is 2.80. The van der Waals surface area contributed by atoms with E-state index in [0.717, 1.165) is 16.8 Å². The number of carbonyl (C=O) groups excluding carboxylic acids is 1. The van der Waals surface area contributed by atoms with E-state index >= 15 is 0 Å². The summed E-state index contributed by atoms with van der Waals surface area (Å²) in [6.07, 6.45) is 5.05. The number of hydrogen-bond donors (Lipinski definition) is 0. The van der Waals surface area contributed by atoms with Crippen LogP contribution in [0.5, 0.6) is 0 Å². The molecular weight excluding hydrogens is 326 g/mol. The van der Waals surface area contributed by atoms with Gasteiger partial charge in [-0.1, -0.05) is 36.4 Å². The van der Waals surface area contributed by atoms with E-state index in [1.807, 2.05) is 48.5 Å². The molecule has 0 aliphatic heterocycles. The van der Waals surface area contributed by atoms with E-state index in [1.165, 1.54) is 10.7 Å². The Hall–Kier alpha value is -3.73. The first-order valence-electron chi connectivity index (χ1n) is 8.15. The van der Waals surface area contributed by atoms with Gasteiger partial charge in [-0.2, -0.15) is 5.10 Å². The van der Waals surface area contributed by atoms with Gasteiger partial charge in [0, 0.05) is 40.8 Å². The lowest BCUT2D eigenvalue weighted by Crippen LogP contribution is -2.16. The Morgan fingerprint density at radius 3 is 2.19 bits per heavy atom. The highest BCUT2D eigenvalue weighted by molar-refractivity contribution is 5.95. The normalized spacial score (nSPS) is 10.6. The molecule has 2 aromatic carbocycles. The van der Waals surface area contributed by atoms with Crippen LogP contribution in [0.3, 0.4) is 0 Å². The predicted molar refractivity (Wildman–Crippen MR) is 99.4 cm³/mol. The smallest absolute Gasteiger partial charge is 0.278 e. The summed E-state index contributed by atoms with van der Waals surface area (Å²) in [6.45, 7) is 0. The number of aromatic nitrogens is 3. The van der Waals surface area contributed by atoms with E-state index in [-0.39, 0.29) is 11.5 Å². The molecule has 2 heterocycles. The standard InChI is InChI=1S/C21H15N3O2/c25-20-12-11-17(14-23(20)19-9-5-2-6-10-19)18-13-22-24(15-18)21(26)16-7-3-1-4-8-16/h1-15H. The summed E-state index contributed by atoms with van der Waals surface area (Å²) in [6, 6.07) is 21.6. The number of carbonyl (C=O) groups is 1. The summed E-state index contributed by atoms with van der Waals surface area (Å²) < 4.78 is 2.88.